The van der Waals surface area contributed by atoms with E-state index in [2.05, 4.69) is 4.74 Å². The first-order valence-electron chi connectivity index (χ1n) is 4.40. The lowest BCUT2D eigenvalue weighted by molar-refractivity contribution is -0.274. The Morgan fingerprint density at radius 3 is 2.13 bits per heavy atom. The van der Waals surface area contributed by atoms with Crippen molar-refractivity contribution >= 4 is 11.6 Å². The van der Waals surface area contributed by atoms with Crippen LogP contribution in [0.2, 0.25) is 5.02 Å². The fourth-order valence-electron chi connectivity index (χ4n) is 0.813. The molecule has 15 heavy (non-hydrogen) atoms. The van der Waals surface area contributed by atoms with Crippen molar-refractivity contribution in [2.75, 3.05) is 0 Å². The molecule has 0 aliphatic carbocycles. The number of rotatable bonds is 1. The van der Waals surface area contributed by atoms with Gasteiger partial charge in [-0.15, -0.1) is 13.2 Å². The molecule has 0 fully saturated rings. The van der Waals surface area contributed by atoms with Gasteiger partial charge in [0, 0.05) is 0 Å². The zero-order chi connectivity index (χ0) is 12.1. The number of benzene rings is 1. The largest absolute Gasteiger partial charge is 0.573 e. The number of hydrogen-bond donors (Lipinski definition) is 0. The molecule has 0 aromatic heterocycles. The summed E-state index contributed by atoms with van der Waals surface area (Å²) in [7, 11) is 0. The first-order valence-corrected chi connectivity index (χ1v) is 4.78. The minimum absolute atomic E-state index is 0.0441. The molecule has 0 saturated heterocycles. The van der Waals surface area contributed by atoms with Crippen molar-refractivity contribution in [1.82, 2.24) is 0 Å². The standard InChI is InChI=1S/C8H6ClF3O.C2H6/c1-5-2-3-7(6(9)4-5)13-8(10,11)12;1-2/h2-4H,1H3;1-2H3. The Kier molecular flexibility index (Phi) is 5.50. The fourth-order valence-corrected chi connectivity index (χ4v) is 1.09. The lowest BCUT2D eigenvalue weighted by Gasteiger charge is -2.10. The number of alkyl halides is 3. The molecule has 0 bridgehead atoms. The summed E-state index contributed by atoms with van der Waals surface area (Å²) in [6, 6.07) is 4.08. The zero-order valence-electron chi connectivity index (χ0n) is 8.65. The van der Waals surface area contributed by atoms with Crippen LogP contribution < -0.4 is 4.74 Å². The Balaban J connectivity index is 0.000000921. The van der Waals surface area contributed by atoms with E-state index in [0.29, 0.717) is 0 Å². The molecule has 1 aromatic rings. The predicted octanol–water partition coefficient (Wildman–Crippen LogP) is 4.57. The molecule has 0 saturated carbocycles. The van der Waals surface area contributed by atoms with Gasteiger partial charge in [-0.2, -0.15) is 0 Å². The van der Waals surface area contributed by atoms with Gasteiger partial charge in [0.15, 0.2) is 0 Å². The maximum absolute atomic E-state index is 11.7. The highest BCUT2D eigenvalue weighted by Crippen LogP contribution is 2.30. The number of aryl methyl sites for hydroxylation is 1. The van der Waals surface area contributed by atoms with Crippen LogP contribution in [0.15, 0.2) is 18.2 Å². The molecule has 0 amide bonds. The van der Waals surface area contributed by atoms with Crippen LogP contribution in [-0.2, 0) is 0 Å². The van der Waals surface area contributed by atoms with Gasteiger partial charge in [-0.25, -0.2) is 0 Å². The smallest absolute Gasteiger partial charge is 0.404 e. The maximum atomic E-state index is 11.7. The van der Waals surface area contributed by atoms with E-state index in [1.54, 1.807) is 6.92 Å². The van der Waals surface area contributed by atoms with Crippen LogP contribution in [0.3, 0.4) is 0 Å². The van der Waals surface area contributed by atoms with Crippen LogP contribution in [0.1, 0.15) is 19.4 Å². The minimum Gasteiger partial charge on any atom is -0.404 e. The average Bonchev–Trinajstić information content (AvgIpc) is 2.12. The minimum atomic E-state index is -4.70. The van der Waals surface area contributed by atoms with Crippen LogP contribution in [-0.4, -0.2) is 6.36 Å². The normalized spacial score (nSPS) is 10.3. The molecule has 0 unspecified atom stereocenters. The first kappa shape index (κ1) is 14.1. The molecular weight excluding hydrogens is 229 g/mol. The lowest BCUT2D eigenvalue weighted by Crippen LogP contribution is -2.17. The van der Waals surface area contributed by atoms with Crippen molar-refractivity contribution < 1.29 is 17.9 Å². The van der Waals surface area contributed by atoms with Crippen LogP contribution in [0.4, 0.5) is 13.2 Å². The molecule has 0 spiro atoms. The van der Waals surface area contributed by atoms with E-state index in [4.69, 9.17) is 11.6 Å². The number of hydrogen-bond acceptors (Lipinski definition) is 1. The van der Waals surface area contributed by atoms with E-state index in [1.165, 1.54) is 18.2 Å². The molecule has 0 atom stereocenters. The third kappa shape index (κ3) is 5.52. The molecule has 0 aliphatic heterocycles. The highest BCUT2D eigenvalue weighted by atomic mass is 35.5. The monoisotopic (exact) mass is 240 g/mol. The third-order valence-corrected chi connectivity index (χ3v) is 1.61. The molecule has 0 heterocycles. The Labute approximate surface area is 91.8 Å². The van der Waals surface area contributed by atoms with Gasteiger partial charge in [-0.1, -0.05) is 31.5 Å². The second-order valence-electron chi connectivity index (χ2n) is 2.48. The molecule has 1 nitrogen and oxygen atoms in total. The van der Waals surface area contributed by atoms with Crippen molar-refractivity contribution in [2.24, 2.45) is 0 Å². The molecule has 1 aromatic carbocycles. The SMILES string of the molecule is CC.Cc1ccc(OC(F)(F)F)c(Cl)c1. The molecule has 5 heteroatoms. The van der Waals surface area contributed by atoms with Crippen LogP contribution in [0, 0.1) is 6.92 Å². The second-order valence-corrected chi connectivity index (χ2v) is 2.89. The van der Waals surface area contributed by atoms with Gasteiger partial charge >= 0.3 is 6.36 Å². The predicted molar refractivity (Wildman–Crippen MR) is 54.2 cm³/mol. The average molecular weight is 241 g/mol. The summed E-state index contributed by atoms with van der Waals surface area (Å²) in [5, 5.41) is -0.0441. The van der Waals surface area contributed by atoms with E-state index < -0.39 is 6.36 Å². The topological polar surface area (TPSA) is 9.23 Å². The second kappa shape index (κ2) is 5.85. The summed E-state index contributed by atoms with van der Waals surface area (Å²) in [6.45, 7) is 5.73. The maximum Gasteiger partial charge on any atom is 0.573 e. The van der Waals surface area contributed by atoms with Gasteiger partial charge in [0.25, 0.3) is 0 Å². The van der Waals surface area contributed by atoms with E-state index in [0.717, 1.165) is 5.56 Å². The molecule has 0 aliphatic rings. The van der Waals surface area contributed by atoms with Crippen LogP contribution in [0.5, 0.6) is 5.75 Å². The highest BCUT2D eigenvalue weighted by Gasteiger charge is 2.31. The van der Waals surface area contributed by atoms with Crippen LogP contribution in [0.25, 0.3) is 0 Å². The summed E-state index contributed by atoms with van der Waals surface area (Å²) in [4.78, 5) is 0. The van der Waals surface area contributed by atoms with Crippen molar-refractivity contribution in [3.8, 4) is 5.75 Å². The van der Waals surface area contributed by atoms with Gasteiger partial charge in [0.05, 0.1) is 5.02 Å². The Bertz CT molecular complexity index is 310. The summed E-state index contributed by atoms with van der Waals surface area (Å²) < 4.78 is 38.9. The van der Waals surface area contributed by atoms with Gasteiger partial charge in [0.2, 0.25) is 0 Å². The van der Waals surface area contributed by atoms with Gasteiger partial charge < -0.3 is 4.74 Å². The summed E-state index contributed by atoms with van der Waals surface area (Å²) in [5.74, 6) is -0.375. The van der Waals surface area contributed by atoms with E-state index in [1.807, 2.05) is 13.8 Å². The van der Waals surface area contributed by atoms with Gasteiger partial charge in [0.1, 0.15) is 5.75 Å². The van der Waals surface area contributed by atoms with E-state index >= 15 is 0 Å². The van der Waals surface area contributed by atoms with Gasteiger partial charge in [-0.3, -0.25) is 0 Å². The van der Waals surface area contributed by atoms with Crippen molar-refractivity contribution in [2.45, 2.75) is 27.1 Å². The van der Waals surface area contributed by atoms with Crippen molar-refractivity contribution in [3.63, 3.8) is 0 Å². The lowest BCUT2D eigenvalue weighted by atomic mass is 10.2. The molecular formula is C10H12ClF3O. The molecule has 0 radical (unpaired) electrons. The Morgan fingerprint density at radius 1 is 1.20 bits per heavy atom. The number of ether oxygens (including phenoxy) is 1. The van der Waals surface area contributed by atoms with Crippen molar-refractivity contribution in [3.05, 3.63) is 28.8 Å². The van der Waals surface area contributed by atoms with E-state index in [-0.39, 0.29) is 10.8 Å². The summed E-state index contributed by atoms with van der Waals surface area (Å²) in [5.41, 5.74) is 0.777. The molecule has 86 valence electrons. The fraction of sp³-hybridized carbons (Fsp3) is 0.400. The Morgan fingerprint density at radius 2 is 1.73 bits per heavy atom. The summed E-state index contributed by atoms with van der Waals surface area (Å²) in [6.07, 6.45) is -4.70. The summed E-state index contributed by atoms with van der Waals surface area (Å²) >= 11 is 5.51. The zero-order valence-corrected chi connectivity index (χ0v) is 9.41. The van der Waals surface area contributed by atoms with Crippen molar-refractivity contribution in [1.29, 1.82) is 0 Å². The first-order chi connectivity index (χ1) is 6.88. The Hall–Kier alpha value is -0.900. The highest BCUT2D eigenvalue weighted by molar-refractivity contribution is 6.32. The van der Waals surface area contributed by atoms with E-state index in [9.17, 15) is 13.2 Å². The quantitative estimate of drug-likeness (QED) is 0.699. The van der Waals surface area contributed by atoms with Crippen LogP contribution >= 0.6 is 11.6 Å². The third-order valence-electron chi connectivity index (χ3n) is 1.31. The number of halogens is 4. The molecule has 0 N–H and O–H groups in total. The molecule has 1 rings (SSSR count). The van der Waals surface area contributed by atoms with Gasteiger partial charge in [-0.05, 0) is 24.6 Å².